The molecule has 2 atom stereocenters. The lowest BCUT2D eigenvalue weighted by molar-refractivity contribution is -0.139. The van der Waals surface area contributed by atoms with Crippen LogP contribution in [0.2, 0.25) is 0 Å². The number of halogens is 5. The highest BCUT2D eigenvalue weighted by Crippen LogP contribution is 2.37. The standard InChI is InChI=1S/C35H38F5N3O4/c1-8-22-15-24(30-20(4)10-9-11-21(30)5)33(37)31(32(22)36)26(17-29(45)46)41-34(47)27(14-19(2)3)43-18-23(12-13-42(6)7)25(16-28(43)44)35(38,39)40/h1,9-11,15-16,18-19,26-27H,12-14,17H2,2-7H3,(H,41,47)(H,45,46)/t26-,27+/m0/s1. The third-order valence-electron chi connectivity index (χ3n) is 7.81. The minimum atomic E-state index is -4.84. The molecule has 0 fully saturated rings. The Morgan fingerprint density at radius 1 is 1.09 bits per heavy atom. The zero-order valence-corrected chi connectivity index (χ0v) is 27.1. The number of hydrogen-bond donors (Lipinski definition) is 2. The molecule has 1 aromatic heterocycles. The fraction of sp³-hybridized carbons (Fsp3) is 0.400. The number of nitrogens with one attached hydrogen (secondary N) is 1. The van der Waals surface area contributed by atoms with Gasteiger partial charge in [-0.05, 0) is 75.0 Å². The monoisotopic (exact) mass is 659 g/mol. The van der Waals surface area contributed by atoms with Crippen LogP contribution in [0, 0.1) is 43.7 Å². The van der Waals surface area contributed by atoms with Crippen LogP contribution in [0.1, 0.15) is 72.2 Å². The summed E-state index contributed by atoms with van der Waals surface area (Å²) in [5, 5.41) is 12.1. The van der Waals surface area contributed by atoms with Gasteiger partial charge in [0.05, 0.1) is 23.6 Å². The number of likely N-dealkylation sites (N-methyl/N-ethyl adjacent to an activating group) is 1. The lowest BCUT2D eigenvalue weighted by Crippen LogP contribution is -2.41. The maximum absolute atomic E-state index is 16.4. The maximum Gasteiger partial charge on any atom is 0.416 e. The van der Waals surface area contributed by atoms with E-state index in [1.807, 2.05) is 0 Å². The van der Waals surface area contributed by atoms with Crippen LogP contribution in [-0.4, -0.2) is 47.1 Å². The summed E-state index contributed by atoms with van der Waals surface area (Å²) in [4.78, 5) is 40.7. The number of nitrogens with zero attached hydrogens (tertiary/aromatic N) is 2. The zero-order valence-electron chi connectivity index (χ0n) is 27.1. The average Bonchev–Trinajstić information content (AvgIpc) is 2.95. The molecule has 2 N–H and O–H groups in total. The number of aromatic nitrogens is 1. The van der Waals surface area contributed by atoms with Crippen LogP contribution in [0.15, 0.2) is 41.3 Å². The highest BCUT2D eigenvalue weighted by atomic mass is 19.4. The molecule has 7 nitrogen and oxygen atoms in total. The van der Waals surface area contributed by atoms with Gasteiger partial charge in [0.1, 0.15) is 17.7 Å². The first-order valence-corrected chi connectivity index (χ1v) is 14.9. The van der Waals surface area contributed by atoms with E-state index in [0.717, 1.165) is 16.8 Å². The summed E-state index contributed by atoms with van der Waals surface area (Å²) < 4.78 is 74.8. The Morgan fingerprint density at radius 3 is 2.21 bits per heavy atom. The van der Waals surface area contributed by atoms with Gasteiger partial charge in [0.25, 0.3) is 5.56 Å². The SMILES string of the molecule is C#Cc1cc(-c2c(C)cccc2C)c(F)c([C@H](CC(=O)O)NC(=O)[C@@H](CC(C)C)n2cc(CCN(C)C)c(C(F)(F)F)cc2=O)c1F. The van der Waals surface area contributed by atoms with Crippen LogP contribution < -0.4 is 10.9 Å². The van der Waals surface area contributed by atoms with Gasteiger partial charge < -0.3 is 19.9 Å². The molecule has 0 aliphatic rings. The van der Waals surface area contributed by atoms with Crippen LogP contribution in [0.5, 0.6) is 0 Å². The number of benzene rings is 2. The minimum absolute atomic E-state index is 0.0625. The second kappa shape index (κ2) is 14.9. The molecule has 2 aromatic carbocycles. The van der Waals surface area contributed by atoms with Crippen LogP contribution in [0.3, 0.4) is 0 Å². The predicted octanol–water partition coefficient (Wildman–Crippen LogP) is 6.43. The van der Waals surface area contributed by atoms with E-state index in [0.29, 0.717) is 22.8 Å². The summed E-state index contributed by atoms with van der Waals surface area (Å²) in [6.07, 6.45) is 0.560. The van der Waals surface area contributed by atoms with Crippen molar-refractivity contribution >= 4 is 11.9 Å². The number of carbonyl (C=O) groups excluding carboxylic acids is 1. The van der Waals surface area contributed by atoms with Crippen molar-refractivity contribution < 1.29 is 36.6 Å². The Labute approximate surface area is 270 Å². The van der Waals surface area contributed by atoms with Crippen molar-refractivity contribution in [3.63, 3.8) is 0 Å². The summed E-state index contributed by atoms with van der Waals surface area (Å²) >= 11 is 0. The summed E-state index contributed by atoms with van der Waals surface area (Å²) in [5.41, 5.74) is -2.07. The summed E-state index contributed by atoms with van der Waals surface area (Å²) in [6, 6.07) is 3.48. The molecule has 1 heterocycles. The molecule has 1 amide bonds. The van der Waals surface area contributed by atoms with Crippen LogP contribution in [0.4, 0.5) is 22.0 Å². The molecule has 0 bridgehead atoms. The van der Waals surface area contributed by atoms with E-state index < -0.39 is 64.9 Å². The van der Waals surface area contributed by atoms with Crippen molar-refractivity contribution in [2.45, 2.75) is 65.2 Å². The van der Waals surface area contributed by atoms with Crippen molar-refractivity contribution in [2.24, 2.45) is 5.92 Å². The van der Waals surface area contributed by atoms with E-state index in [-0.39, 0.29) is 42.0 Å². The zero-order chi connectivity index (χ0) is 35.4. The molecular formula is C35H38F5N3O4. The van der Waals surface area contributed by atoms with E-state index in [1.165, 1.54) is 0 Å². The summed E-state index contributed by atoms with van der Waals surface area (Å²) in [5.74, 6) is -3.02. The molecule has 0 aliphatic heterocycles. The van der Waals surface area contributed by atoms with Gasteiger partial charge in [-0.3, -0.25) is 14.4 Å². The van der Waals surface area contributed by atoms with E-state index in [4.69, 9.17) is 6.42 Å². The van der Waals surface area contributed by atoms with Crippen molar-refractivity contribution in [1.29, 1.82) is 0 Å². The highest BCUT2D eigenvalue weighted by molar-refractivity contribution is 5.82. The molecular weight excluding hydrogens is 621 g/mol. The van der Waals surface area contributed by atoms with E-state index in [9.17, 15) is 32.7 Å². The molecule has 3 aromatic rings. The van der Waals surface area contributed by atoms with Gasteiger partial charge in [0, 0.05) is 29.9 Å². The largest absolute Gasteiger partial charge is 0.481 e. The molecule has 3 rings (SSSR count). The molecule has 0 radical (unpaired) electrons. The Bertz CT molecular complexity index is 1740. The van der Waals surface area contributed by atoms with E-state index in [1.54, 1.807) is 64.9 Å². The van der Waals surface area contributed by atoms with Gasteiger partial charge in [-0.1, -0.05) is 38.0 Å². The number of hydrogen-bond acceptors (Lipinski definition) is 4. The van der Waals surface area contributed by atoms with Crippen LogP contribution >= 0.6 is 0 Å². The number of aliphatic carboxylic acids is 1. The Balaban J connectivity index is 2.22. The average molecular weight is 660 g/mol. The number of carbonyl (C=O) groups is 2. The molecule has 47 heavy (non-hydrogen) atoms. The summed E-state index contributed by atoms with van der Waals surface area (Å²) in [7, 11) is 3.33. The molecule has 12 heteroatoms. The number of amides is 1. The normalized spacial score (nSPS) is 13.0. The number of rotatable bonds is 12. The Morgan fingerprint density at radius 2 is 1.70 bits per heavy atom. The Kier molecular flexibility index (Phi) is 11.7. The first-order valence-electron chi connectivity index (χ1n) is 14.9. The number of aryl methyl sites for hydroxylation is 2. The van der Waals surface area contributed by atoms with Crippen molar-refractivity contribution in [1.82, 2.24) is 14.8 Å². The fourth-order valence-corrected chi connectivity index (χ4v) is 5.59. The quantitative estimate of drug-likeness (QED) is 0.173. The molecule has 0 saturated heterocycles. The Hall–Kier alpha value is -4.50. The van der Waals surface area contributed by atoms with Crippen molar-refractivity contribution in [3.05, 3.63) is 91.9 Å². The molecule has 0 saturated carbocycles. The van der Waals surface area contributed by atoms with Gasteiger partial charge in [-0.25, -0.2) is 8.78 Å². The van der Waals surface area contributed by atoms with Crippen molar-refractivity contribution in [2.75, 3.05) is 20.6 Å². The highest BCUT2D eigenvalue weighted by Gasteiger charge is 2.36. The third kappa shape index (κ3) is 8.65. The van der Waals surface area contributed by atoms with Crippen LogP contribution in [0.25, 0.3) is 11.1 Å². The first-order chi connectivity index (χ1) is 21.9. The number of pyridine rings is 1. The first kappa shape index (κ1) is 37.0. The molecule has 0 unspecified atom stereocenters. The van der Waals surface area contributed by atoms with Gasteiger partial charge in [0.2, 0.25) is 5.91 Å². The van der Waals surface area contributed by atoms with E-state index in [2.05, 4.69) is 11.2 Å². The van der Waals surface area contributed by atoms with Gasteiger partial charge >= 0.3 is 12.1 Å². The number of carboxylic acids is 1. The van der Waals surface area contributed by atoms with Gasteiger partial charge in [-0.2, -0.15) is 13.2 Å². The molecule has 252 valence electrons. The van der Waals surface area contributed by atoms with Gasteiger partial charge in [-0.15, -0.1) is 6.42 Å². The topological polar surface area (TPSA) is 91.6 Å². The summed E-state index contributed by atoms with van der Waals surface area (Å²) in [6.45, 7) is 7.05. The number of alkyl halides is 3. The number of carboxylic acid groups (broad SMARTS) is 1. The lowest BCUT2D eigenvalue weighted by Gasteiger charge is -2.27. The molecule has 0 spiro atoms. The second-order valence-electron chi connectivity index (χ2n) is 12.2. The van der Waals surface area contributed by atoms with E-state index >= 15 is 8.78 Å². The third-order valence-corrected chi connectivity index (χ3v) is 7.81. The molecule has 0 aliphatic carbocycles. The van der Waals surface area contributed by atoms with Gasteiger partial charge in [0.15, 0.2) is 0 Å². The van der Waals surface area contributed by atoms with Crippen LogP contribution in [-0.2, 0) is 22.2 Å². The predicted molar refractivity (Wildman–Crippen MR) is 169 cm³/mol. The second-order valence-corrected chi connectivity index (χ2v) is 12.2. The minimum Gasteiger partial charge on any atom is -0.481 e. The lowest BCUT2D eigenvalue weighted by atomic mass is 9.89. The maximum atomic E-state index is 16.4. The number of terminal acetylenes is 1. The fourth-order valence-electron chi connectivity index (χ4n) is 5.59. The van der Waals surface area contributed by atoms with Crippen molar-refractivity contribution in [3.8, 4) is 23.5 Å². The smallest absolute Gasteiger partial charge is 0.416 e.